The molecule has 2 N–H and O–H groups in total. The van der Waals surface area contributed by atoms with Gasteiger partial charge in [0.2, 0.25) is 0 Å². The van der Waals surface area contributed by atoms with Gasteiger partial charge in [-0.2, -0.15) is 0 Å². The molecule has 0 aromatic carbocycles. The second-order valence-electron chi connectivity index (χ2n) is 7.00. The molecule has 2 nitrogen and oxygen atoms in total. The minimum Gasteiger partial charge on any atom is -0.365 e. The van der Waals surface area contributed by atoms with E-state index < -0.39 is 11.2 Å². The van der Waals surface area contributed by atoms with Crippen LogP contribution >= 0.6 is 0 Å². The van der Waals surface area contributed by atoms with Crippen molar-refractivity contribution < 1.29 is 10.2 Å². The highest BCUT2D eigenvalue weighted by molar-refractivity contribution is 4.79. The molecule has 0 aliphatic heterocycles. The Balaban J connectivity index is 3.37. The van der Waals surface area contributed by atoms with Crippen LogP contribution in [0.3, 0.4) is 0 Å². The van der Waals surface area contributed by atoms with Gasteiger partial charge in [0.15, 0.2) is 5.79 Å². The molecular weight excluding hydrogens is 236 g/mol. The summed E-state index contributed by atoms with van der Waals surface area (Å²) in [6, 6.07) is 0. The largest absolute Gasteiger partial charge is 0.365 e. The van der Waals surface area contributed by atoms with Gasteiger partial charge >= 0.3 is 0 Å². The lowest BCUT2D eigenvalue weighted by atomic mass is 9.82. The van der Waals surface area contributed by atoms with Crippen molar-refractivity contribution in [2.24, 2.45) is 5.41 Å². The van der Waals surface area contributed by atoms with Crippen LogP contribution in [0.1, 0.15) is 98.3 Å². The van der Waals surface area contributed by atoms with E-state index in [2.05, 4.69) is 6.92 Å². The van der Waals surface area contributed by atoms with Gasteiger partial charge in [-0.1, -0.05) is 85.5 Å². The normalized spacial score (nSPS) is 12.9. The molecule has 0 saturated carbocycles. The lowest BCUT2D eigenvalue weighted by molar-refractivity contribution is -0.232. The van der Waals surface area contributed by atoms with Gasteiger partial charge in [0.25, 0.3) is 0 Å². The third-order valence-corrected chi connectivity index (χ3v) is 4.08. The molecule has 0 atom stereocenters. The molecule has 0 spiro atoms. The fourth-order valence-corrected chi connectivity index (χ4v) is 2.23. The van der Waals surface area contributed by atoms with E-state index in [0.717, 1.165) is 12.8 Å². The van der Waals surface area contributed by atoms with E-state index in [0.29, 0.717) is 6.42 Å². The van der Waals surface area contributed by atoms with Crippen molar-refractivity contribution in [1.82, 2.24) is 0 Å². The first kappa shape index (κ1) is 18.9. The average Bonchev–Trinajstić information content (AvgIpc) is 2.30. The first-order chi connectivity index (χ1) is 8.81. The van der Waals surface area contributed by atoms with Crippen LogP contribution in [0.15, 0.2) is 0 Å². The van der Waals surface area contributed by atoms with Crippen LogP contribution in [0, 0.1) is 5.41 Å². The Morgan fingerprint density at radius 2 is 1.00 bits per heavy atom. The summed E-state index contributed by atoms with van der Waals surface area (Å²) in [6.07, 6.45) is 13.2. The quantitative estimate of drug-likeness (QED) is 0.409. The van der Waals surface area contributed by atoms with Crippen LogP contribution in [-0.2, 0) is 0 Å². The average molecular weight is 272 g/mol. The zero-order valence-electron chi connectivity index (χ0n) is 13.7. The molecule has 0 rings (SSSR count). The molecule has 0 amide bonds. The van der Waals surface area contributed by atoms with Crippen molar-refractivity contribution in [3.8, 4) is 0 Å². The van der Waals surface area contributed by atoms with Crippen molar-refractivity contribution in [2.75, 3.05) is 0 Å². The maximum atomic E-state index is 9.93. The zero-order valence-corrected chi connectivity index (χ0v) is 13.7. The van der Waals surface area contributed by atoms with Crippen LogP contribution in [0.25, 0.3) is 0 Å². The number of hydrogen-bond donors (Lipinski definition) is 2. The molecule has 19 heavy (non-hydrogen) atoms. The van der Waals surface area contributed by atoms with E-state index in [1.807, 2.05) is 20.8 Å². The van der Waals surface area contributed by atoms with Gasteiger partial charge < -0.3 is 10.2 Å². The molecule has 0 aliphatic carbocycles. The Morgan fingerprint density at radius 1 is 0.632 bits per heavy atom. The summed E-state index contributed by atoms with van der Waals surface area (Å²) in [5.74, 6) is -1.52. The second-order valence-corrected chi connectivity index (χ2v) is 7.00. The summed E-state index contributed by atoms with van der Waals surface area (Å²) >= 11 is 0. The minimum atomic E-state index is -1.52. The van der Waals surface area contributed by atoms with Gasteiger partial charge in [-0.3, -0.25) is 0 Å². The van der Waals surface area contributed by atoms with E-state index in [1.165, 1.54) is 51.4 Å². The van der Waals surface area contributed by atoms with Crippen molar-refractivity contribution >= 4 is 0 Å². The summed E-state index contributed by atoms with van der Waals surface area (Å²) in [7, 11) is 0. The van der Waals surface area contributed by atoms with Crippen LogP contribution in [0.5, 0.6) is 0 Å². The maximum absolute atomic E-state index is 9.93. The van der Waals surface area contributed by atoms with Crippen LogP contribution in [-0.4, -0.2) is 16.0 Å². The van der Waals surface area contributed by atoms with Gasteiger partial charge in [0.1, 0.15) is 0 Å². The van der Waals surface area contributed by atoms with Crippen molar-refractivity contribution in [1.29, 1.82) is 0 Å². The lowest BCUT2D eigenvalue weighted by Crippen LogP contribution is -2.42. The monoisotopic (exact) mass is 272 g/mol. The van der Waals surface area contributed by atoms with Gasteiger partial charge in [-0.25, -0.2) is 0 Å². The first-order valence-corrected chi connectivity index (χ1v) is 8.26. The third-order valence-electron chi connectivity index (χ3n) is 4.08. The minimum absolute atomic E-state index is 0.452. The molecule has 0 aromatic heterocycles. The highest BCUT2D eigenvalue weighted by Crippen LogP contribution is 2.32. The molecular formula is C17H36O2. The Morgan fingerprint density at radius 3 is 1.37 bits per heavy atom. The summed E-state index contributed by atoms with van der Waals surface area (Å²) in [5.41, 5.74) is -0.452. The fraction of sp³-hybridized carbons (Fsp3) is 1.00. The van der Waals surface area contributed by atoms with E-state index >= 15 is 0 Å². The van der Waals surface area contributed by atoms with E-state index in [1.54, 1.807) is 0 Å². The van der Waals surface area contributed by atoms with E-state index in [4.69, 9.17) is 0 Å². The molecule has 0 heterocycles. The third kappa shape index (κ3) is 9.45. The molecule has 0 bridgehead atoms. The molecule has 0 saturated heterocycles. The van der Waals surface area contributed by atoms with Crippen LogP contribution in [0.4, 0.5) is 0 Å². The number of aliphatic hydroxyl groups is 2. The molecule has 0 radical (unpaired) electrons. The Labute approximate surface area is 120 Å². The number of unbranched alkanes of at least 4 members (excludes halogenated alkanes) is 9. The summed E-state index contributed by atoms with van der Waals surface area (Å²) < 4.78 is 0. The number of rotatable bonds is 11. The predicted molar refractivity (Wildman–Crippen MR) is 83.1 cm³/mol. The summed E-state index contributed by atoms with van der Waals surface area (Å²) in [6.45, 7) is 7.88. The molecule has 0 aromatic rings. The fourth-order valence-electron chi connectivity index (χ4n) is 2.23. The van der Waals surface area contributed by atoms with Gasteiger partial charge in [0.05, 0.1) is 0 Å². The van der Waals surface area contributed by atoms with Crippen LogP contribution < -0.4 is 0 Å². The van der Waals surface area contributed by atoms with E-state index in [9.17, 15) is 10.2 Å². The maximum Gasteiger partial charge on any atom is 0.167 e. The van der Waals surface area contributed by atoms with Gasteiger partial charge in [-0.15, -0.1) is 0 Å². The number of hydrogen-bond acceptors (Lipinski definition) is 2. The lowest BCUT2D eigenvalue weighted by Gasteiger charge is -2.35. The molecule has 116 valence electrons. The standard InChI is InChI=1S/C17H36O2/c1-5-6-7-8-9-10-11-12-13-14-15-17(18,19)16(2,3)4/h18-19H,5-15H2,1-4H3. The Hall–Kier alpha value is -0.0800. The van der Waals surface area contributed by atoms with Crippen molar-refractivity contribution in [3.63, 3.8) is 0 Å². The summed E-state index contributed by atoms with van der Waals surface area (Å²) in [4.78, 5) is 0. The van der Waals surface area contributed by atoms with Gasteiger partial charge in [0, 0.05) is 11.8 Å². The molecule has 0 unspecified atom stereocenters. The van der Waals surface area contributed by atoms with Crippen molar-refractivity contribution in [2.45, 2.75) is 104 Å². The molecule has 0 fully saturated rings. The summed E-state index contributed by atoms with van der Waals surface area (Å²) in [5, 5.41) is 19.9. The Kier molecular flexibility index (Phi) is 9.72. The topological polar surface area (TPSA) is 40.5 Å². The van der Waals surface area contributed by atoms with Crippen LogP contribution in [0.2, 0.25) is 0 Å². The second kappa shape index (κ2) is 9.77. The smallest absolute Gasteiger partial charge is 0.167 e. The Bertz CT molecular complexity index is 204. The first-order valence-electron chi connectivity index (χ1n) is 8.26. The zero-order chi connectivity index (χ0) is 14.8. The highest BCUT2D eigenvalue weighted by atomic mass is 16.5. The molecule has 2 heteroatoms. The molecule has 0 aliphatic rings. The van der Waals surface area contributed by atoms with E-state index in [-0.39, 0.29) is 0 Å². The SMILES string of the molecule is CCCCCCCCCCCCC(O)(O)C(C)(C)C. The highest BCUT2D eigenvalue weighted by Gasteiger charge is 2.36. The van der Waals surface area contributed by atoms with Gasteiger partial charge in [-0.05, 0) is 6.42 Å². The predicted octanol–water partition coefficient (Wildman–Crippen LogP) is 5.02. The van der Waals surface area contributed by atoms with Crippen molar-refractivity contribution in [3.05, 3.63) is 0 Å².